The minimum Gasteiger partial charge on any atom is -0.440 e. The zero-order valence-electron chi connectivity index (χ0n) is 12.3. The molecule has 0 saturated carbocycles. The van der Waals surface area contributed by atoms with Crippen molar-refractivity contribution in [3.8, 4) is 0 Å². The second kappa shape index (κ2) is 5.78. The fourth-order valence-electron chi connectivity index (χ4n) is 3.58. The highest BCUT2D eigenvalue weighted by Crippen LogP contribution is 2.29. The number of likely N-dealkylation sites (tertiary alicyclic amines) is 1. The topological polar surface area (TPSA) is 38.5 Å². The van der Waals surface area contributed by atoms with Crippen LogP contribution in [0.25, 0.3) is 11.1 Å². The number of ether oxygens (including phenoxy) is 1. The van der Waals surface area contributed by atoms with Crippen molar-refractivity contribution >= 4 is 11.1 Å². The molecule has 2 aliphatic heterocycles. The molecule has 2 aliphatic rings. The van der Waals surface area contributed by atoms with Crippen LogP contribution in [0.15, 0.2) is 28.7 Å². The molecule has 4 rings (SSSR count). The SMILES string of the molecule is c1ccc2oc(C3CCCN(CC4CCOC4)C3)nc2c1. The molecular formula is C17H22N2O2. The monoisotopic (exact) mass is 286 g/mol. The number of hydrogen-bond donors (Lipinski definition) is 0. The van der Waals surface area contributed by atoms with Crippen LogP contribution in [0.2, 0.25) is 0 Å². The lowest BCUT2D eigenvalue weighted by molar-refractivity contribution is 0.145. The summed E-state index contributed by atoms with van der Waals surface area (Å²) in [6.07, 6.45) is 3.63. The van der Waals surface area contributed by atoms with Gasteiger partial charge in [-0.25, -0.2) is 4.98 Å². The number of oxazole rings is 1. The highest BCUT2D eigenvalue weighted by Gasteiger charge is 2.27. The number of nitrogens with zero attached hydrogens (tertiary/aromatic N) is 2. The Balaban J connectivity index is 1.46. The molecule has 1 aromatic heterocycles. The van der Waals surface area contributed by atoms with E-state index >= 15 is 0 Å². The minimum absolute atomic E-state index is 0.438. The van der Waals surface area contributed by atoms with Crippen molar-refractivity contribution in [2.75, 3.05) is 32.8 Å². The fraction of sp³-hybridized carbons (Fsp3) is 0.588. The first-order valence-electron chi connectivity index (χ1n) is 8.04. The lowest BCUT2D eigenvalue weighted by atomic mass is 9.96. The molecule has 0 spiro atoms. The maximum atomic E-state index is 5.96. The molecular weight excluding hydrogens is 264 g/mol. The smallest absolute Gasteiger partial charge is 0.199 e. The van der Waals surface area contributed by atoms with E-state index in [1.165, 1.54) is 25.8 Å². The maximum Gasteiger partial charge on any atom is 0.199 e. The molecule has 1 aromatic carbocycles. The lowest BCUT2D eigenvalue weighted by Crippen LogP contribution is -2.38. The van der Waals surface area contributed by atoms with E-state index in [4.69, 9.17) is 9.15 Å². The van der Waals surface area contributed by atoms with E-state index in [-0.39, 0.29) is 0 Å². The molecule has 112 valence electrons. The summed E-state index contributed by atoms with van der Waals surface area (Å²) >= 11 is 0. The predicted molar refractivity (Wildman–Crippen MR) is 81.4 cm³/mol. The van der Waals surface area contributed by atoms with Crippen molar-refractivity contribution < 1.29 is 9.15 Å². The van der Waals surface area contributed by atoms with Crippen LogP contribution >= 0.6 is 0 Å². The van der Waals surface area contributed by atoms with E-state index < -0.39 is 0 Å². The number of fused-ring (bicyclic) bond motifs is 1. The van der Waals surface area contributed by atoms with E-state index in [9.17, 15) is 0 Å². The van der Waals surface area contributed by atoms with Gasteiger partial charge in [0, 0.05) is 25.6 Å². The molecule has 0 amide bonds. The highest BCUT2D eigenvalue weighted by atomic mass is 16.5. The Bertz CT molecular complexity index is 571. The standard InChI is InChI=1S/C17H22N2O2/c1-2-6-16-15(5-1)18-17(21-16)14-4-3-8-19(11-14)10-13-7-9-20-12-13/h1-2,5-6,13-14H,3-4,7-12H2. The molecule has 2 unspecified atom stereocenters. The summed E-state index contributed by atoms with van der Waals surface area (Å²) in [7, 11) is 0. The zero-order chi connectivity index (χ0) is 14.1. The van der Waals surface area contributed by atoms with Crippen LogP contribution in [0.3, 0.4) is 0 Å². The number of benzene rings is 1. The molecule has 0 radical (unpaired) electrons. The Morgan fingerprint density at radius 3 is 3.05 bits per heavy atom. The largest absolute Gasteiger partial charge is 0.440 e. The normalized spacial score (nSPS) is 27.4. The zero-order valence-corrected chi connectivity index (χ0v) is 12.3. The van der Waals surface area contributed by atoms with Crippen molar-refractivity contribution in [2.24, 2.45) is 5.92 Å². The Labute approximate surface area is 125 Å². The van der Waals surface area contributed by atoms with E-state index in [1.807, 2.05) is 24.3 Å². The summed E-state index contributed by atoms with van der Waals surface area (Å²) < 4.78 is 11.5. The first-order valence-corrected chi connectivity index (χ1v) is 8.04. The predicted octanol–water partition coefficient (Wildman–Crippen LogP) is 3.04. The van der Waals surface area contributed by atoms with Crippen LogP contribution in [0.4, 0.5) is 0 Å². The average molecular weight is 286 g/mol. The summed E-state index contributed by atoms with van der Waals surface area (Å²) in [6.45, 7) is 5.31. The third-order valence-electron chi connectivity index (χ3n) is 4.71. The quantitative estimate of drug-likeness (QED) is 0.869. The first-order chi connectivity index (χ1) is 10.4. The van der Waals surface area contributed by atoms with E-state index in [2.05, 4.69) is 9.88 Å². The summed E-state index contributed by atoms with van der Waals surface area (Å²) in [5.41, 5.74) is 1.89. The molecule has 2 atom stereocenters. The Morgan fingerprint density at radius 1 is 1.24 bits per heavy atom. The number of para-hydroxylation sites is 2. The second-order valence-electron chi connectivity index (χ2n) is 6.35. The Kier molecular flexibility index (Phi) is 3.65. The van der Waals surface area contributed by atoms with Crippen LogP contribution < -0.4 is 0 Å². The molecule has 2 saturated heterocycles. The lowest BCUT2D eigenvalue weighted by Gasteiger charge is -2.32. The third kappa shape index (κ3) is 2.83. The third-order valence-corrected chi connectivity index (χ3v) is 4.71. The molecule has 0 N–H and O–H groups in total. The van der Waals surface area contributed by atoms with Crippen LogP contribution in [0.5, 0.6) is 0 Å². The van der Waals surface area contributed by atoms with E-state index in [0.29, 0.717) is 11.8 Å². The van der Waals surface area contributed by atoms with E-state index in [0.717, 1.165) is 43.3 Å². The van der Waals surface area contributed by atoms with Crippen molar-refractivity contribution in [1.29, 1.82) is 0 Å². The van der Waals surface area contributed by atoms with Gasteiger partial charge in [-0.1, -0.05) is 12.1 Å². The molecule has 0 bridgehead atoms. The van der Waals surface area contributed by atoms with Crippen LogP contribution in [-0.4, -0.2) is 42.7 Å². The van der Waals surface area contributed by atoms with Crippen molar-refractivity contribution in [2.45, 2.75) is 25.2 Å². The minimum atomic E-state index is 0.438. The van der Waals surface area contributed by atoms with Gasteiger partial charge in [-0.3, -0.25) is 0 Å². The van der Waals surface area contributed by atoms with Gasteiger partial charge in [-0.2, -0.15) is 0 Å². The van der Waals surface area contributed by atoms with Crippen molar-refractivity contribution in [3.63, 3.8) is 0 Å². The summed E-state index contributed by atoms with van der Waals surface area (Å²) in [5.74, 6) is 2.07. The van der Waals surface area contributed by atoms with E-state index in [1.54, 1.807) is 0 Å². The van der Waals surface area contributed by atoms with Crippen molar-refractivity contribution in [3.05, 3.63) is 30.2 Å². The number of rotatable bonds is 3. The van der Waals surface area contributed by atoms with Gasteiger partial charge < -0.3 is 14.1 Å². The Hall–Kier alpha value is -1.39. The van der Waals surface area contributed by atoms with Gasteiger partial charge in [0.05, 0.1) is 6.61 Å². The van der Waals surface area contributed by atoms with Gasteiger partial charge in [0.25, 0.3) is 0 Å². The number of aromatic nitrogens is 1. The summed E-state index contributed by atoms with van der Waals surface area (Å²) in [6, 6.07) is 8.05. The van der Waals surface area contributed by atoms with Crippen LogP contribution in [-0.2, 0) is 4.74 Å². The van der Waals surface area contributed by atoms with Crippen LogP contribution in [0.1, 0.15) is 31.1 Å². The molecule has 21 heavy (non-hydrogen) atoms. The van der Waals surface area contributed by atoms with Gasteiger partial charge in [-0.15, -0.1) is 0 Å². The molecule has 0 aliphatic carbocycles. The first kappa shape index (κ1) is 13.3. The van der Waals surface area contributed by atoms with Gasteiger partial charge in [-0.05, 0) is 43.9 Å². The molecule has 2 fully saturated rings. The van der Waals surface area contributed by atoms with Crippen molar-refractivity contribution in [1.82, 2.24) is 9.88 Å². The fourth-order valence-corrected chi connectivity index (χ4v) is 3.58. The second-order valence-corrected chi connectivity index (χ2v) is 6.35. The molecule has 3 heterocycles. The molecule has 2 aromatic rings. The molecule has 4 nitrogen and oxygen atoms in total. The number of hydrogen-bond acceptors (Lipinski definition) is 4. The van der Waals surface area contributed by atoms with Gasteiger partial charge in [0.1, 0.15) is 5.52 Å². The average Bonchev–Trinajstić information content (AvgIpc) is 3.16. The maximum absolute atomic E-state index is 5.96. The molecule has 4 heteroatoms. The summed E-state index contributed by atoms with van der Waals surface area (Å²) in [5, 5.41) is 0. The summed E-state index contributed by atoms with van der Waals surface area (Å²) in [4.78, 5) is 7.26. The van der Waals surface area contributed by atoms with Gasteiger partial charge in [0.15, 0.2) is 11.5 Å². The van der Waals surface area contributed by atoms with Gasteiger partial charge >= 0.3 is 0 Å². The highest BCUT2D eigenvalue weighted by molar-refractivity contribution is 5.72. The van der Waals surface area contributed by atoms with Gasteiger partial charge in [0.2, 0.25) is 0 Å². The Morgan fingerprint density at radius 2 is 2.19 bits per heavy atom. The number of piperidine rings is 1. The van der Waals surface area contributed by atoms with Crippen LogP contribution in [0, 0.1) is 5.92 Å².